The highest BCUT2D eigenvalue weighted by atomic mass is 16.3. The Balaban J connectivity index is 0.000000647. The summed E-state index contributed by atoms with van der Waals surface area (Å²) in [5, 5.41) is 14.5. The van der Waals surface area contributed by atoms with Crippen molar-refractivity contribution in [3.8, 4) is 0 Å². The van der Waals surface area contributed by atoms with Crippen LogP contribution in [0.25, 0.3) is 0 Å². The van der Waals surface area contributed by atoms with Gasteiger partial charge in [0.25, 0.3) is 6.47 Å². The molecule has 9 heteroatoms. The Labute approximate surface area is 141 Å². The fourth-order valence-electron chi connectivity index (χ4n) is 2.55. The lowest BCUT2D eigenvalue weighted by Gasteiger charge is -2.35. The Morgan fingerprint density at radius 1 is 1.12 bits per heavy atom. The van der Waals surface area contributed by atoms with Crippen molar-refractivity contribution in [1.82, 2.24) is 29.6 Å². The van der Waals surface area contributed by atoms with Crippen molar-refractivity contribution in [2.45, 2.75) is 19.9 Å². The quantitative estimate of drug-likeness (QED) is 0.772. The second-order valence-corrected chi connectivity index (χ2v) is 5.35. The average Bonchev–Trinajstić information content (AvgIpc) is 3.15. The number of rotatable bonds is 5. The second-order valence-electron chi connectivity index (χ2n) is 5.35. The third-order valence-corrected chi connectivity index (χ3v) is 3.91. The lowest BCUT2D eigenvalue weighted by atomic mass is 10.2. The highest BCUT2D eigenvalue weighted by Crippen LogP contribution is 2.14. The molecule has 0 amide bonds. The molecule has 2 aromatic heterocycles. The molecule has 0 atom stereocenters. The minimum Gasteiger partial charge on any atom is -0.483 e. The Morgan fingerprint density at radius 2 is 1.79 bits per heavy atom. The third-order valence-electron chi connectivity index (χ3n) is 3.91. The Kier molecular flexibility index (Phi) is 7.09. The van der Waals surface area contributed by atoms with E-state index in [0.717, 1.165) is 57.2 Å². The standard InChI is InChI=1S/C14H21N7.CH2O2/c1-2-13-9-14(16-10-15-13)21-7-5-19(6-8-21)3-4-20-11-17-18-12-20;2-1-3/h9-12H,2-8H2,1H3;1H,(H,2,3). The maximum atomic E-state index is 8.36. The van der Waals surface area contributed by atoms with Crippen molar-refractivity contribution in [2.24, 2.45) is 0 Å². The van der Waals surface area contributed by atoms with Gasteiger partial charge in [0.15, 0.2) is 0 Å². The molecule has 3 heterocycles. The summed E-state index contributed by atoms with van der Waals surface area (Å²) >= 11 is 0. The first-order chi connectivity index (χ1) is 11.8. The Morgan fingerprint density at radius 3 is 2.42 bits per heavy atom. The number of aryl methyl sites for hydroxylation is 1. The predicted octanol–water partition coefficient (Wildman–Crippen LogP) is 0.154. The topological polar surface area (TPSA) is 100 Å². The zero-order chi connectivity index (χ0) is 17.2. The number of carboxylic acid groups (broad SMARTS) is 1. The molecule has 0 bridgehead atoms. The van der Waals surface area contributed by atoms with Crippen LogP contribution in [0.15, 0.2) is 25.0 Å². The third kappa shape index (κ3) is 5.27. The molecular formula is C15H23N7O2. The van der Waals surface area contributed by atoms with E-state index in [2.05, 4.69) is 43.0 Å². The van der Waals surface area contributed by atoms with Gasteiger partial charge in [0, 0.05) is 51.0 Å². The summed E-state index contributed by atoms with van der Waals surface area (Å²) in [7, 11) is 0. The van der Waals surface area contributed by atoms with Crippen LogP contribution in [0, 0.1) is 0 Å². The van der Waals surface area contributed by atoms with E-state index in [1.807, 2.05) is 4.57 Å². The Hall–Kier alpha value is -2.55. The summed E-state index contributed by atoms with van der Waals surface area (Å²) in [6.45, 7) is 8.01. The fraction of sp³-hybridized carbons (Fsp3) is 0.533. The molecular weight excluding hydrogens is 310 g/mol. The lowest BCUT2D eigenvalue weighted by molar-refractivity contribution is -0.122. The second kappa shape index (κ2) is 9.56. The van der Waals surface area contributed by atoms with Crippen LogP contribution in [-0.4, -0.2) is 73.9 Å². The summed E-state index contributed by atoms with van der Waals surface area (Å²) in [5.74, 6) is 1.06. The van der Waals surface area contributed by atoms with Gasteiger partial charge >= 0.3 is 0 Å². The average molecular weight is 333 g/mol. The molecule has 3 rings (SSSR count). The van der Waals surface area contributed by atoms with E-state index in [4.69, 9.17) is 9.90 Å². The minimum atomic E-state index is -0.250. The minimum absolute atomic E-state index is 0.250. The SMILES string of the molecule is CCc1cc(N2CCN(CCn3cnnc3)CC2)ncn1.O=CO. The highest BCUT2D eigenvalue weighted by molar-refractivity contribution is 5.39. The summed E-state index contributed by atoms with van der Waals surface area (Å²) < 4.78 is 2.02. The van der Waals surface area contributed by atoms with Gasteiger partial charge in [-0.05, 0) is 6.42 Å². The molecule has 0 aliphatic carbocycles. The summed E-state index contributed by atoms with van der Waals surface area (Å²) in [5.41, 5.74) is 1.11. The number of nitrogens with zero attached hydrogens (tertiary/aromatic N) is 7. The van der Waals surface area contributed by atoms with Gasteiger partial charge in [0.2, 0.25) is 0 Å². The summed E-state index contributed by atoms with van der Waals surface area (Å²) in [4.78, 5) is 21.8. The van der Waals surface area contributed by atoms with E-state index in [1.165, 1.54) is 0 Å². The van der Waals surface area contributed by atoms with Crippen molar-refractivity contribution in [1.29, 1.82) is 0 Å². The molecule has 1 aliphatic heterocycles. The van der Waals surface area contributed by atoms with Crippen LogP contribution in [0.4, 0.5) is 5.82 Å². The molecule has 1 saturated heterocycles. The van der Waals surface area contributed by atoms with Gasteiger partial charge in [-0.3, -0.25) is 9.69 Å². The molecule has 9 nitrogen and oxygen atoms in total. The van der Waals surface area contributed by atoms with E-state index < -0.39 is 0 Å². The normalized spacial score (nSPS) is 14.8. The van der Waals surface area contributed by atoms with Gasteiger partial charge in [-0.15, -0.1) is 10.2 Å². The van der Waals surface area contributed by atoms with Gasteiger partial charge in [-0.2, -0.15) is 0 Å². The zero-order valence-corrected chi connectivity index (χ0v) is 13.8. The van der Waals surface area contributed by atoms with Crippen LogP contribution in [-0.2, 0) is 17.8 Å². The largest absolute Gasteiger partial charge is 0.483 e. The molecule has 2 aromatic rings. The summed E-state index contributed by atoms with van der Waals surface area (Å²) in [6.07, 6.45) is 6.16. The number of carbonyl (C=O) groups is 1. The highest BCUT2D eigenvalue weighted by Gasteiger charge is 2.18. The maximum Gasteiger partial charge on any atom is 0.290 e. The van der Waals surface area contributed by atoms with Crippen molar-refractivity contribution in [3.63, 3.8) is 0 Å². The molecule has 0 unspecified atom stereocenters. The molecule has 0 radical (unpaired) electrons. The van der Waals surface area contributed by atoms with Crippen LogP contribution < -0.4 is 4.90 Å². The molecule has 0 spiro atoms. The van der Waals surface area contributed by atoms with Crippen LogP contribution in [0.1, 0.15) is 12.6 Å². The monoisotopic (exact) mass is 333 g/mol. The van der Waals surface area contributed by atoms with Gasteiger partial charge < -0.3 is 14.6 Å². The number of piperazine rings is 1. The van der Waals surface area contributed by atoms with E-state index in [0.29, 0.717) is 0 Å². The van der Waals surface area contributed by atoms with Crippen LogP contribution in [0.2, 0.25) is 0 Å². The van der Waals surface area contributed by atoms with Crippen LogP contribution in [0.5, 0.6) is 0 Å². The lowest BCUT2D eigenvalue weighted by Crippen LogP contribution is -2.47. The maximum absolute atomic E-state index is 8.36. The molecule has 1 aliphatic rings. The molecule has 1 N–H and O–H groups in total. The van der Waals surface area contributed by atoms with E-state index >= 15 is 0 Å². The van der Waals surface area contributed by atoms with E-state index in [1.54, 1.807) is 19.0 Å². The molecule has 130 valence electrons. The molecule has 1 fully saturated rings. The summed E-state index contributed by atoms with van der Waals surface area (Å²) in [6, 6.07) is 2.10. The van der Waals surface area contributed by atoms with E-state index in [-0.39, 0.29) is 6.47 Å². The molecule has 0 saturated carbocycles. The van der Waals surface area contributed by atoms with Crippen molar-refractivity contribution >= 4 is 12.3 Å². The van der Waals surface area contributed by atoms with Gasteiger partial charge in [-0.25, -0.2) is 9.97 Å². The fourth-order valence-corrected chi connectivity index (χ4v) is 2.55. The molecule has 24 heavy (non-hydrogen) atoms. The van der Waals surface area contributed by atoms with Crippen LogP contribution in [0.3, 0.4) is 0 Å². The van der Waals surface area contributed by atoms with Crippen molar-refractivity contribution in [3.05, 3.63) is 30.7 Å². The number of aromatic nitrogens is 5. The molecule has 0 aromatic carbocycles. The zero-order valence-electron chi connectivity index (χ0n) is 13.8. The predicted molar refractivity (Wildman–Crippen MR) is 88.8 cm³/mol. The smallest absolute Gasteiger partial charge is 0.290 e. The van der Waals surface area contributed by atoms with Crippen molar-refractivity contribution < 1.29 is 9.90 Å². The van der Waals surface area contributed by atoms with E-state index in [9.17, 15) is 0 Å². The van der Waals surface area contributed by atoms with Crippen LogP contribution >= 0.6 is 0 Å². The van der Waals surface area contributed by atoms with Crippen molar-refractivity contribution in [2.75, 3.05) is 37.6 Å². The number of anilines is 1. The first-order valence-corrected chi connectivity index (χ1v) is 7.95. The van der Waals surface area contributed by atoms with Gasteiger partial charge in [0.1, 0.15) is 24.8 Å². The van der Waals surface area contributed by atoms with Gasteiger partial charge in [-0.1, -0.05) is 6.92 Å². The Bertz CT molecular complexity index is 598. The number of hydrogen-bond donors (Lipinski definition) is 1. The first-order valence-electron chi connectivity index (χ1n) is 7.95. The van der Waals surface area contributed by atoms with Gasteiger partial charge in [0.05, 0.1) is 0 Å². The first kappa shape index (κ1) is 17.8. The number of hydrogen-bond acceptors (Lipinski definition) is 7.